The second kappa shape index (κ2) is 7.57. The Hall–Kier alpha value is -2.97. The maximum absolute atomic E-state index is 12.9. The maximum Gasteiger partial charge on any atom is 0.410 e. The molecule has 1 fully saturated rings. The Labute approximate surface area is 162 Å². The van der Waals surface area contributed by atoms with Crippen LogP contribution in [0.5, 0.6) is 11.5 Å². The van der Waals surface area contributed by atoms with Crippen LogP contribution in [-0.4, -0.2) is 77.4 Å². The van der Waals surface area contributed by atoms with Crippen LogP contribution in [-0.2, 0) is 9.53 Å². The van der Waals surface area contributed by atoms with Gasteiger partial charge in [0.05, 0.1) is 6.54 Å². The van der Waals surface area contributed by atoms with E-state index in [0.717, 1.165) is 0 Å². The molecule has 2 amide bonds. The predicted octanol–water partition coefficient (Wildman–Crippen LogP) is 1.60. The summed E-state index contributed by atoms with van der Waals surface area (Å²) < 4.78 is 16.2. The third-order valence-electron chi connectivity index (χ3n) is 4.37. The van der Waals surface area contributed by atoms with Gasteiger partial charge in [0.2, 0.25) is 0 Å². The number of piperazine rings is 1. The molecule has 1 unspecified atom stereocenters. The number of carbonyl (C=O) groups excluding carboxylic acids is 2. The van der Waals surface area contributed by atoms with Crippen LogP contribution in [0.2, 0.25) is 0 Å². The lowest BCUT2D eigenvalue weighted by molar-refractivity contribution is -0.144. The molecule has 28 heavy (non-hydrogen) atoms. The first-order valence-electron chi connectivity index (χ1n) is 9.07. The van der Waals surface area contributed by atoms with Crippen molar-refractivity contribution in [2.45, 2.75) is 32.4 Å². The Morgan fingerprint density at radius 3 is 2.43 bits per heavy atom. The topological polar surface area (TPSA) is 106 Å². The number of hydrogen-bond acceptors (Lipinski definition) is 6. The molecule has 0 saturated carbocycles. The number of rotatable bonds is 2. The number of carboxylic acid groups (broad SMARTS) is 1. The molecular formula is C19H24N2O7. The average Bonchev–Trinajstić information content (AvgIpc) is 2.65. The van der Waals surface area contributed by atoms with Crippen molar-refractivity contribution in [1.29, 1.82) is 0 Å². The number of hydrogen-bond donors (Lipinski definition) is 1. The first-order chi connectivity index (χ1) is 13.2. The molecule has 0 bridgehead atoms. The fourth-order valence-corrected chi connectivity index (χ4v) is 3.07. The predicted molar refractivity (Wildman–Crippen MR) is 97.7 cm³/mol. The Morgan fingerprint density at radius 2 is 1.79 bits per heavy atom. The lowest BCUT2D eigenvalue weighted by Gasteiger charge is -2.39. The van der Waals surface area contributed by atoms with E-state index in [1.54, 1.807) is 39.0 Å². The number of amides is 2. The molecule has 0 spiro atoms. The van der Waals surface area contributed by atoms with E-state index in [1.165, 1.54) is 9.80 Å². The first kappa shape index (κ1) is 19.8. The van der Waals surface area contributed by atoms with Gasteiger partial charge < -0.3 is 29.1 Å². The average molecular weight is 392 g/mol. The monoisotopic (exact) mass is 392 g/mol. The maximum atomic E-state index is 12.9. The van der Waals surface area contributed by atoms with Crippen LogP contribution in [0.15, 0.2) is 18.2 Å². The molecule has 2 heterocycles. The molecule has 9 nitrogen and oxygen atoms in total. The lowest BCUT2D eigenvalue weighted by atomic mass is 10.1. The van der Waals surface area contributed by atoms with Gasteiger partial charge in [0, 0.05) is 18.7 Å². The minimum atomic E-state index is -1.18. The molecule has 1 aromatic carbocycles. The van der Waals surface area contributed by atoms with E-state index in [-0.39, 0.29) is 19.6 Å². The smallest absolute Gasteiger partial charge is 0.410 e. The second-order valence-corrected chi connectivity index (χ2v) is 7.64. The fourth-order valence-electron chi connectivity index (χ4n) is 3.07. The molecule has 1 aromatic rings. The Kier molecular flexibility index (Phi) is 5.35. The Bertz CT molecular complexity index is 787. The molecule has 0 aliphatic carbocycles. The van der Waals surface area contributed by atoms with E-state index < -0.39 is 29.6 Å². The summed E-state index contributed by atoms with van der Waals surface area (Å²) in [5.74, 6) is -0.615. The molecule has 3 rings (SSSR count). The number of ether oxygens (including phenoxy) is 3. The van der Waals surface area contributed by atoms with Crippen molar-refractivity contribution in [3.05, 3.63) is 23.8 Å². The van der Waals surface area contributed by atoms with Gasteiger partial charge in [-0.1, -0.05) is 0 Å². The van der Waals surface area contributed by atoms with Crippen LogP contribution in [0.1, 0.15) is 31.1 Å². The normalized spacial score (nSPS) is 19.2. The van der Waals surface area contributed by atoms with Gasteiger partial charge in [-0.2, -0.15) is 0 Å². The van der Waals surface area contributed by atoms with Gasteiger partial charge in [-0.3, -0.25) is 4.79 Å². The summed E-state index contributed by atoms with van der Waals surface area (Å²) in [7, 11) is 0. The Morgan fingerprint density at radius 1 is 1.11 bits per heavy atom. The molecule has 1 N–H and O–H groups in total. The summed E-state index contributed by atoms with van der Waals surface area (Å²) in [6.07, 6.45) is -0.592. The van der Waals surface area contributed by atoms with Crippen LogP contribution in [0.4, 0.5) is 4.79 Å². The highest BCUT2D eigenvalue weighted by atomic mass is 16.6. The van der Waals surface area contributed by atoms with Gasteiger partial charge in [-0.05, 0) is 39.0 Å². The molecule has 0 radical (unpaired) electrons. The van der Waals surface area contributed by atoms with E-state index in [1.807, 2.05) is 0 Å². The summed E-state index contributed by atoms with van der Waals surface area (Å²) in [5, 5.41) is 9.61. The SMILES string of the molecule is CC(C)(C)OC(=O)N1CCN(C(=O)c2ccc3c(c2)OCCO3)C(C(=O)O)C1. The van der Waals surface area contributed by atoms with E-state index in [0.29, 0.717) is 30.3 Å². The number of fused-ring (bicyclic) bond motifs is 1. The third-order valence-corrected chi connectivity index (χ3v) is 4.37. The van der Waals surface area contributed by atoms with Crippen molar-refractivity contribution >= 4 is 18.0 Å². The second-order valence-electron chi connectivity index (χ2n) is 7.64. The third kappa shape index (κ3) is 4.29. The lowest BCUT2D eigenvalue weighted by Crippen LogP contribution is -2.59. The summed E-state index contributed by atoms with van der Waals surface area (Å²) in [6.45, 7) is 6.17. The zero-order chi connectivity index (χ0) is 20.5. The minimum Gasteiger partial charge on any atom is -0.486 e. The molecule has 2 aliphatic rings. The molecule has 2 aliphatic heterocycles. The highest BCUT2D eigenvalue weighted by Gasteiger charge is 2.38. The number of carbonyl (C=O) groups is 3. The number of nitrogens with zero attached hydrogens (tertiary/aromatic N) is 2. The van der Waals surface area contributed by atoms with Crippen molar-refractivity contribution in [1.82, 2.24) is 9.80 Å². The summed E-state index contributed by atoms with van der Waals surface area (Å²) in [4.78, 5) is 39.5. The van der Waals surface area contributed by atoms with Crippen molar-refractivity contribution in [2.24, 2.45) is 0 Å². The number of benzene rings is 1. The molecule has 1 saturated heterocycles. The number of carboxylic acids is 1. The standard InChI is InChI=1S/C19H24N2O7/c1-19(2,3)28-18(25)20-6-7-21(13(11-20)17(23)24)16(22)12-4-5-14-15(10-12)27-9-8-26-14/h4-5,10,13H,6-9,11H2,1-3H3,(H,23,24). The van der Waals surface area contributed by atoms with Gasteiger partial charge in [-0.15, -0.1) is 0 Å². The molecule has 9 heteroatoms. The zero-order valence-corrected chi connectivity index (χ0v) is 16.1. The van der Waals surface area contributed by atoms with Crippen molar-refractivity contribution < 1.29 is 33.7 Å². The van der Waals surface area contributed by atoms with E-state index in [9.17, 15) is 19.5 Å². The highest BCUT2D eigenvalue weighted by molar-refractivity contribution is 5.97. The van der Waals surface area contributed by atoms with Gasteiger partial charge in [0.25, 0.3) is 5.91 Å². The molecule has 152 valence electrons. The van der Waals surface area contributed by atoms with Gasteiger partial charge in [0.15, 0.2) is 11.5 Å². The van der Waals surface area contributed by atoms with Crippen LogP contribution in [0, 0.1) is 0 Å². The molecule has 1 atom stereocenters. The van der Waals surface area contributed by atoms with Gasteiger partial charge in [-0.25, -0.2) is 9.59 Å². The molecular weight excluding hydrogens is 368 g/mol. The van der Waals surface area contributed by atoms with Gasteiger partial charge >= 0.3 is 12.1 Å². The van der Waals surface area contributed by atoms with Crippen LogP contribution in [0.3, 0.4) is 0 Å². The summed E-state index contributed by atoms with van der Waals surface area (Å²) in [6, 6.07) is 3.60. The van der Waals surface area contributed by atoms with Crippen molar-refractivity contribution in [3.63, 3.8) is 0 Å². The fraction of sp³-hybridized carbons (Fsp3) is 0.526. The van der Waals surface area contributed by atoms with Crippen molar-refractivity contribution in [3.8, 4) is 11.5 Å². The highest BCUT2D eigenvalue weighted by Crippen LogP contribution is 2.31. The largest absolute Gasteiger partial charge is 0.486 e. The van der Waals surface area contributed by atoms with Crippen LogP contribution in [0.25, 0.3) is 0 Å². The van der Waals surface area contributed by atoms with E-state index in [2.05, 4.69) is 0 Å². The van der Waals surface area contributed by atoms with Crippen molar-refractivity contribution in [2.75, 3.05) is 32.8 Å². The van der Waals surface area contributed by atoms with E-state index >= 15 is 0 Å². The minimum absolute atomic E-state index is 0.0868. The summed E-state index contributed by atoms with van der Waals surface area (Å²) in [5.41, 5.74) is -0.380. The Balaban J connectivity index is 1.75. The molecule has 0 aromatic heterocycles. The zero-order valence-electron chi connectivity index (χ0n) is 16.1. The van der Waals surface area contributed by atoms with Gasteiger partial charge in [0.1, 0.15) is 24.9 Å². The number of aliphatic carboxylic acids is 1. The quantitative estimate of drug-likeness (QED) is 0.815. The first-order valence-corrected chi connectivity index (χ1v) is 9.07. The van der Waals surface area contributed by atoms with E-state index in [4.69, 9.17) is 14.2 Å². The summed E-state index contributed by atoms with van der Waals surface area (Å²) >= 11 is 0. The van der Waals surface area contributed by atoms with Crippen LogP contribution >= 0.6 is 0 Å². The van der Waals surface area contributed by atoms with Crippen LogP contribution < -0.4 is 9.47 Å².